The van der Waals surface area contributed by atoms with Gasteiger partial charge in [-0.25, -0.2) is 0 Å². The van der Waals surface area contributed by atoms with Gasteiger partial charge >= 0.3 is 0 Å². The lowest BCUT2D eigenvalue weighted by Gasteiger charge is -2.17. The molecule has 0 radical (unpaired) electrons. The molecule has 1 aliphatic heterocycles. The van der Waals surface area contributed by atoms with Gasteiger partial charge in [-0.3, -0.25) is 4.98 Å². The Morgan fingerprint density at radius 2 is 2.23 bits per heavy atom. The summed E-state index contributed by atoms with van der Waals surface area (Å²) < 4.78 is 0. The third-order valence-corrected chi connectivity index (χ3v) is 2.58. The van der Waals surface area contributed by atoms with Gasteiger partial charge in [-0.2, -0.15) is 0 Å². The first kappa shape index (κ1) is 8.70. The summed E-state index contributed by atoms with van der Waals surface area (Å²) in [6.45, 7) is 6.47. The quantitative estimate of drug-likeness (QED) is 0.706. The molecule has 0 atom stereocenters. The van der Waals surface area contributed by atoms with Gasteiger partial charge in [0, 0.05) is 18.4 Å². The summed E-state index contributed by atoms with van der Waals surface area (Å²) in [5, 5.41) is 3.35. The van der Waals surface area contributed by atoms with Crippen LogP contribution in [-0.2, 0) is 13.0 Å². The Morgan fingerprint density at radius 1 is 1.38 bits per heavy atom. The van der Waals surface area contributed by atoms with E-state index in [0.29, 0.717) is 5.92 Å². The van der Waals surface area contributed by atoms with Crippen molar-refractivity contribution in [2.45, 2.75) is 32.7 Å². The molecule has 2 nitrogen and oxygen atoms in total. The van der Waals surface area contributed by atoms with E-state index in [9.17, 15) is 0 Å². The predicted molar refractivity (Wildman–Crippen MR) is 53.7 cm³/mol. The summed E-state index contributed by atoms with van der Waals surface area (Å²) >= 11 is 0. The Bertz CT molecular complexity index is 305. The summed E-state index contributed by atoms with van der Waals surface area (Å²) in [6, 6.07) is 2.26. The predicted octanol–water partition coefficient (Wildman–Crippen LogP) is 1.85. The van der Waals surface area contributed by atoms with Crippen molar-refractivity contribution in [3.8, 4) is 0 Å². The van der Waals surface area contributed by atoms with Gasteiger partial charge in [-0.1, -0.05) is 13.8 Å². The number of nitrogens with zero attached hydrogens (tertiary/aromatic N) is 1. The number of hydrogen-bond donors (Lipinski definition) is 1. The monoisotopic (exact) mass is 176 g/mol. The SMILES string of the molecule is CC(C)c1cc2c(cn1)CNCC2. The highest BCUT2D eigenvalue weighted by molar-refractivity contribution is 5.29. The van der Waals surface area contributed by atoms with Crippen LogP contribution in [0.25, 0.3) is 0 Å². The number of fused-ring (bicyclic) bond motifs is 1. The zero-order chi connectivity index (χ0) is 9.26. The molecule has 2 heterocycles. The van der Waals surface area contributed by atoms with Crippen LogP contribution in [0.4, 0.5) is 0 Å². The Morgan fingerprint density at radius 3 is 3.00 bits per heavy atom. The smallest absolute Gasteiger partial charge is 0.0431 e. The van der Waals surface area contributed by atoms with Crippen molar-refractivity contribution in [1.29, 1.82) is 0 Å². The molecule has 0 unspecified atom stereocenters. The number of pyridine rings is 1. The molecule has 1 aliphatic rings. The second-order valence-electron chi connectivity index (χ2n) is 3.96. The van der Waals surface area contributed by atoms with E-state index in [-0.39, 0.29) is 0 Å². The fourth-order valence-electron chi connectivity index (χ4n) is 1.70. The molecule has 0 spiro atoms. The van der Waals surface area contributed by atoms with E-state index in [1.807, 2.05) is 6.20 Å². The van der Waals surface area contributed by atoms with Crippen LogP contribution >= 0.6 is 0 Å². The highest BCUT2D eigenvalue weighted by Crippen LogP contribution is 2.18. The van der Waals surface area contributed by atoms with Crippen molar-refractivity contribution < 1.29 is 0 Å². The molecule has 2 heteroatoms. The molecule has 0 aliphatic carbocycles. The first-order valence-electron chi connectivity index (χ1n) is 4.96. The average molecular weight is 176 g/mol. The van der Waals surface area contributed by atoms with Crippen molar-refractivity contribution in [1.82, 2.24) is 10.3 Å². The summed E-state index contributed by atoms with van der Waals surface area (Å²) in [4.78, 5) is 4.45. The summed E-state index contributed by atoms with van der Waals surface area (Å²) in [7, 11) is 0. The molecule has 70 valence electrons. The molecule has 2 rings (SSSR count). The topological polar surface area (TPSA) is 24.9 Å². The fourth-order valence-corrected chi connectivity index (χ4v) is 1.70. The van der Waals surface area contributed by atoms with Gasteiger partial charge in [0.05, 0.1) is 0 Å². The van der Waals surface area contributed by atoms with Crippen molar-refractivity contribution in [2.75, 3.05) is 6.54 Å². The van der Waals surface area contributed by atoms with Crippen molar-refractivity contribution in [3.05, 3.63) is 29.1 Å². The first-order valence-corrected chi connectivity index (χ1v) is 4.96. The number of rotatable bonds is 1. The Kier molecular flexibility index (Phi) is 2.32. The van der Waals surface area contributed by atoms with Crippen LogP contribution in [0.5, 0.6) is 0 Å². The van der Waals surface area contributed by atoms with Crippen LogP contribution in [0.3, 0.4) is 0 Å². The van der Waals surface area contributed by atoms with Gasteiger partial charge < -0.3 is 5.32 Å². The Labute approximate surface area is 79.4 Å². The second-order valence-corrected chi connectivity index (χ2v) is 3.96. The summed E-state index contributed by atoms with van der Waals surface area (Å²) in [5.74, 6) is 0.542. The maximum atomic E-state index is 4.45. The normalized spacial score (nSPS) is 15.9. The molecular weight excluding hydrogens is 160 g/mol. The second kappa shape index (κ2) is 3.46. The highest BCUT2D eigenvalue weighted by atomic mass is 14.9. The molecule has 0 saturated carbocycles. The van der Waals surface area contributed by atoms with Gasteiger partial charge in [-0.05, 0) is 36.1 Å². The average Bonchev–Trinajstić information content (AvgIpc) is 2.17. The minimum Gasteiger partial charge on any atom is -0.312 e. The van der Waals surface area contributed by atoms with Crippen LogP contribution < -0.4 is 5.32 Å². The fraction of sp³-hybridized carbons (Fsp3) is 0.545. The molecule has 0 fully saturated rings. The molecule has 1 N–H and O–H groups in total. The lowest BCUT2D eigenvalue weighted by atomic mass is 9.99. The van der Waals surface area contributed by atoms with E-state index in [1.165, 1.54) is 16.8 Å². The summed E-state index contributed by atoms with van der Waals surface area (Å²) in [5.41, 5.74) is 4.08. The number of nitrogens with one attached hydrogen (secondary N) is 1. The molecule has 1 aromatic rings. The Hall–Kier alpha value is -0.890. The standard InChI is InChI=1S/C11H16N2/c1-8(2)11-5-9-3-4-12-6-10(9)7-13-11/h5,7-8,12H,3-4,6H2,1-2H3. The van der Waals surface area contributed by atoms with E-state index in [4.69, 9.17) is 0 Å². The van der Waals surface area contributed by atoms with Gasteiger partial charge in [0.1, 0.15) is 0 Å². The minimum absolute atomic E-state index is 0.542. The van der Waals surface area contributed by atoms with Gasteiger partial charge in [0.2, 0.25) is 0 Å². The van der Waals surface area contributed by atoms with Crippen LogP contribution in [0, 0.1) is 0 Å². The van der Waals surface area contributed by atoms with Crippen LogP contribution in [0.2, 0.25) is 0 Å². The molecule has 0 aromatic carbocycles. The van der Waals surface area contributed by atoms with Crippen molar-refractivity contribution in [3.63, 3.8) is 0 Å². The zero-order valence-electron chi connectivity index (χ0n) is 8.30. The minimum atomic E-state index is 0.542. The van der Waals surface area contributed by atoms with E-state index in [2.05, 4.69) is 30.2 Å². The maximum Gasteiger partial charge on any atom is 0.0431 e. The molecule has 13 heavy (non-hydrogen) atoms. The first-order chi connectivity index (χ1) is 6.27. The zero-order valence-corrected chi connectivity index (χ0v) is 8.30. The lowest BCUT2D eigenvalue weighted by molar-refractivity contribution is 0.636. The van der Waals surface area contributed by atoms with Gasteiger partial charge in [0.25, 0.3) is 0 Å². The van der Waals surface area contributed by atoms with E-state index in [0.717, 1.165) is 19.5 Å². The maximum absolute atomic E-state index is 4.45. The van der Waals surface area contributed by atoms with Crippen LogP contribution in [0.15, 0.2) is 12.3 Å². The van der Waals surface area contributed by atoms with Crippen LogP contribution in [0.1, 0.15) is 36.6 Å². The molecule has 0 bridgehead atoms. The van der Waals surface area contributed by atoms with Crippen molar-refractivity contribution >= 4 is 0 Å². The molecule has 0 amide bonds. The largest absolute Gasteiger partial charge is 0.312 e. The Balaban J connectivity index is 2.35. The van der Waals surface area contributed by atoms with Crippen molar-refractivity contribution in [2.24, 2.45) is 0 Å². The highest BCUT2D eigenvalue weighted by Gasteiger charge is 2.10. The third-order valence-electron chi connectivity index (χ3n) is 2.58. The van der Waals surface area contributed by atoms with E-state index in [1.54, 1.807) is 0 Å². The lowest BCUT2D eigenvalue weighted by Crippen LogP contribution is -2.24. The molecule has 0 saturated heterocycles. The van der Waals surface area contributed by atoms with Crippen LogP contribution in [-0.4, -0.2) is 11.5 Å². The number of aromatic nitrogens is 1. The summed E-state index contributed by atoms with van der Waals surface area (Å²) in [6.07, 6.45) is 3.18. The molecule has 1 aromatic heterocycles. The van der Waals surface area contributed by atoms with E-state index < -0.39 is 0 Å². The third kappa shape index (κ3) is 1.73. The van der Waals surface area contributed by atoms with Gasteiger partial charge in [-0.15, -0.1) is 0 Å². The van der Waals surface area contributed by atoms with E-state index >= 15 is 0 Å². The van der Waals surface area contributed by atoms with Gasteiger partial charge in [0.15, 0.2) is 0 Å². The molecular formula is C11H16N2. The number of hydrogen-bond acceptors (Lipinski definition) is 2.